The lowest BCUT2D eigenvalue weighted by atomic mass is 9.75. The summed E-state index contributed by atoms with van der Waals surface area (Å²) in [6.07, 6.45) is -0.325. The Morgan fingerprint density at radius 3 is 2.43 bits per heavy atom. The van der Waals surface area contributed by atoms with Crippen molar-refractivity contribution in [2.75, 3.05) is 6.61 Å². The van der Waals surface area contributed by atoms with Crippen molar-refractivity contribution in [2.24, 2.45) is 11.3 Å². The largest absolute Gasteiger partial charge is 0.481 e. The highest BCUT2D eigenvalue weighted by atomic mass is 16.5. The number of carboxylic acid groups (broad SMARTS) is 2. The average Bonchev–Trinajstić information content (AvgIpc) is 2.09. The molecule has 0 spiro atoms. The van der Waals surface area contributed by atoms with Crippen molar-refractivity contribution in [3.05, 3.63) is 0 Å². The molecule has 0 radical (unpaired) electrons. The summed E-state index contributed by atoms with van der Waals surface area (Å²) in [5.74, 6) is -2.72. The standard InChI is InChI=1S/C9H14O5/c1-5-9(2,8(12)13)3-6(4-14-5)7(10)11/h5-6H,3-4H2,1-2H3,(H,10,11)(H,12,13). The Kier molecular flexibility index (Phi) is 2.80. The van der Waals surface area contributed by atoms with E-state index in [1.54, 1.807) is 6.92 Å². The van der Waals surface area contributed by atoms with E-state index in [9.17, 15) is 9.59 Å². The second-order valence-corrected chi connectivity index (χ2v) is 3.94. The van der Waals surface area contributed by atoms with Gasteiger partial charge in [-0.25, -0.2) is 0 Å². The van der Waals surface area contributed by atoms with E-state index in [1.807, 2.05) is 0 Å². The molecule has 0 aromatic heterocycles. The van der Waals surface area contributed by atoms with E-state index >= 15 is 0 Å². The second-order valence-electron chi connectivity index (χ2n) is 3.94. The molecule has 0 aromatic rings. The quantitative estimate of drug-likeness (QED) is 0.684. The Bertz CT molecular complexity index is 262. The monoisotopic (exact) mass is 202 g/mol. The van der Waals surface area contributed by atoms with Crippen LogP contribution in [0.2, 0.25) is 0 Å². The minimum absolute atomic E-state index is 0.0966. The molecule has 0 amide bonds. The minimum atomic E-state index is -1.10. The molecule has 0 bridgehead atoms. The lowest BCUT2D eigenvalue weighted by Gasteiger charge is -2.38. The lowest BCUT2D eigenvalue weighted by molar-refractivity contribution is -0.174. The molecule has 1 aliphatic heterocycles. The fourth-order valence-electron chi connectivity index (χ4n) is 1.60. The molecule has 5 heteroatoms. The maximum Gasteiger partial charge on any atom is 0.312 e. The number of hydrogen-bond acceptors (Lipinski definition) is 3. The SMILES string of the molecule is CC1OCC(C(=O)O)CC1(C)C(=O)O. The van der Waals surface area contributed by atoms with E-state index in [4.69, 9.17) is 14.9 Å². The second kappa shape index (κ2) is 3.57. The molecule has 1 saturated heterocycles. The number of rotatable bonds is 2. The summed E-state index contributed by atoms with van der Waals surface area (Å²) in [5, 5.41) is 17.8. The third-order valence-electron chi connectivity index (χ3n) is 2.95. The molecule has 1 heterocycles. The van der Waals surface area contributed by atoms with Crippen LogP contribution in [0.4, 0.5) is 0 Å². The normalized spacial score (nSPS) is 37.9. The zero-order valence-corrected chi connectivity index (χ0v) is 8.19. The van der Waals surface area contributed by atoms with Crippen LogP contribution in [0.1, 0.15) is 20.3 Å². The van der Waals surface area contributed by atoms with Gasteiger partial charge in [-0.1, -0.05) is 0 Å². The third-order valence-corrected chi connectivity index (χ3v) is 2.95. The smallest absolute Gasteiger partial charge is 0.312 e. The summed E-state index contributed by atoms with van der Waals surface area (Å²) in [4.78, 5) is 21.7. The van der Waals surface area contributed by atoms with Gasteiger partial charge in [-0.3, -0.25) is 9.59 Å². The molecule has 0 saturated carbocycles. The Morgan fingerprint density at radius 2 is 2.00 bits per heavy atom. The molecule has 0 aromatic carbocycles. The zero-order chi connectivity index (χ0) is 10.9. The molecular formula is C9H14O5. The summed E-state index contributed by atoms with van der Waals surface area (Å²) in [6, 6.07) is 0. The van der Waals surface area contributed by atoms with Crippen LogP contribution in [0, 0.1) is 11.3 Å². The van der Waals surface area contributed by atoms with Gasteiger partial charge < -0.3 is 14.9 Å². The predicted octanol–water partition coefficient (Wildman–Crippen LogP) is 0.587. The van der Waals surface area contributed by atoms with Crippen molar-refractivity contribution in [1.82, 2.24) is 0 Å². The van der Waals surface area contributed by atoms with Crippen LogP contribution in [0.3, 0.4) is 0 Å². The number of aliphatic carboxylic acids is 2. The molecule has 14 heavy (non-hydrogen) atoms. The fourth-order valence-corrected chi connectivity index (χ4v) is 1.60. The van der Waals surface area contributed by atoms with Crippen LogP contribution < -0.4 is 0 Å². The molecule has 80 valence electrons. The van der Waals surface area contributed by atoms with Crippen molar-refractivity contribution in [3.63, 3.8) is 0 Å². The first kappa shape index (κ1) is 11.0. The molecule has 0 aliphatic carbocycles. The minimum Gasteiger partial charge on any atom is -0.481 e. The van der Waals surface area contributed by atoms with Gasteiger partial charge in [-0.05, 0) is 20.3 Å². The van der Waals surface area contributed by atoms with Crippen LogP contribution in [0.5, 0.6) is 0 Å². The Morgan fingerprint density at radius 1 is 1.43 bits per heavy atom. The highest BCUT2D eigenvalue weighted by Crippen LogP contribution is 2.36. The molecule has 1 aliphatic rings. The number of hydrogen-bond donors (Lipinski definition) is 2. The van der Waals surface area contributed by atoms with Gasteiger partial charge in [0.05, 0.1) is 24.0 Å². The van der Waals surface area contributed by atoms with Crippen molar-refractivity contribution < 1.29 is 24.5 Å². The van der Waals surface area contributed by atoms with Gasteiger partial charge in [0.25, 0.3) is 0 Å². The summed E-state index contributed by atoms with van der Waals surface area (Å²) >= 11 is 0. The van der Waals surface area contributed by atoms with Gasteiger partial charge in [0, 0.05) is 0 Å². The van der Waals surface area contributed by atoms with Gasteiger partial charge in [0.1, 0.15) is 0 Å². The third kappa shape index (κ3) is 1.72. The van der Waals surface area contributed by atoms with Gasteiger partial charge in [0.2, 0.25) is 0 Å². The molecule has 5 nitrogen and oxygen atoms in total. The van der Waals surface area contributed by atoms with Gasteiger partial charge in [-0.2, -0.15) is 0 Å². The van der Waals surface area contributed by atoms with Crippen LogP contribution in [0.15, 0.2) is 0 Å². The average molecular weight is 202 g/mol. The van der Waals surface area contributed by atoms with E-state index in [0.29, 0.717) is 0 Å². The molecule has 3 unspecified atom stereocenters. The molecule has 3 atom stereocenters. The summed E-state index contributed by atoms with van der Waals surface area (Å²) < 4.78 is 5.17. The summed E-state index contributed by atoms with van der Waals surface area (Å²) in [5.41, 5.74) is -1.10. The van der Waals surface area contributed by atoms with Crippen molar-refractivity contribution in [1.29, 1.82) is 0 Å². The summed E-state index contributed by atoms with van der Waals surface area (Å²) in [6.45, 7) is 3.28. The predicted molar refractivity (Wildman–Crippen MR) is 46.9 cm³/mol. The number of carbonyl (C=O) groups is 2. The van der Waals surface area contributed by atoms with E-state index in [-0.39, 0.29) is 13.0 Å². The highest BCUT2D eigenvalue weighted by Gasteiger charge is 2.46. The first-order chi connectivity index (χ1) is 6.38. The first-order valence-corrected chi connectivity index (χ1v) is 4.45. The fraction of sp³-hybridized carbons (Fsp3) is 0.778. The summed E-state index contributed by atoms with van der Waals surface area (Å²) in [7, 11) is 0. The zero-order valence-electron chi connectivity index (χ0n) is 8.19. The van der Waals surface area contributed by atoms with Crippen LogP contribution in [-0.2, 0) is 14.3 Å². The van der Waals surface area contributed by atoms with Crippen molar-refractivity contribution in [3.8, 4) is 0 Å². The Hall–Kier alpha value is -1.10. The van der Waals surface area contributed by atoms with Crippen molar-refractivity contribution >= 4 is 11.9 Å². The molecular weight excluding hydrogens is 188 g/mol. The van der Waals surface area contributed by atoms with E-state index in [2.05, 4.69) is 0 Å². The topological polar surface area (TPSA) is 83.8 Å². The number of carboxylic acids is 2. The highest BCUT2D eigenvalue weighted by molar-refractivity contribution is 5.77. The Labute approximate surface area is 81.7 Å². The molecule has 2 N–H and O–H groups in total. The Balaban J connectivity index is 2.83. The lowest BCUT2D eigenvalue weighted by Crippen LogP contribution is -2.48. The van der Waals surface area contributed by atoms with Crippen LogP contribution >= 0.6 is 0 Å². The van der Waals surface area contributed by atoms with Gasteiger partial charge in [-0.15, -0.1) is 0 Å². The van der Waals surface area contributed by atoms with Crippen LogP contribution in [0.25, 0.3) is 0 Å². The van der Waals surface area contributed by atoms with Gasteiger partial charge >= 0.3 is 11.9 Å². The van der Waals surface area contributed by atoms with E-state index in [0.717, 1.165) is 0 Å². The van der Waals surface area contributed by atoms with Crippen LogP contribution in [-0.4, -0.2) is 34.9 Å². The number of ether oxygens (including phenoxy) is 1. The maximum atomic E-state index is 11.0. The van der Waals surface area contributed by atoms with E-state index in [1.165, 1.54) is 6.92 Å². The molecule has 1 rings (SSSR count). The van der Waals surface area contributed by atoms with Crippen molar-refractivity contribution in [2.45, 2.75) is 26.4 Å². The van der Waals surface area contributed by atoms with E-state index < -0.39 is 29.4 Å². The molecule has 1 fully saturated rings. The first-order valence-electron chi connectivity index (χ1n) is 4.45. The van der Waals surface area contributed by atoms with Gasteiger partial charge in [0.15, 0.2) is 0 Å². The maximum absolute atomic E-state index is 11.0.